The van der Waals surface area contributed by atoms with Crippen LogP contribution in [0.2, 0.25) is 19.6 Å². The highest BCUT2D eigenvalue weighted by Gasteiger charge is 2.20. The molecular formula is C20H34O2Si. The molecule has 0 radical (unpaired) electrons. The van der Waals surface area contributed by atoms with E-state index in [2.05, 4.69) is 37.5 Å². The van der Waals surface area contributed by atoms with Gasteiger partial charge < -0.3 is 9.52 Å². The van der Waals surface area contributed by atoms with Crippen molar-refractivity contribution < 1.29 is 9.52 Å². The molecule has 0 saturated heterocycles. The van der Waals surface area contributed by atoms with E-state index < -0.39 is 8.07 Å². The standard InChI is InChI=1S/C20H34O2Si/c1-23(2,3)20-17-19(18-22-20)15-13-11-9-7-5-4-6-8-10-12-14-16-21/h17-18,21H,4-12,14,16H2,1-3H3. The van der Waals surface area contributed by atoms with Gasteiger partial charge in [0.15, 0.2) is 0 Å². The molecule has 0 saturated carbocycles. The van der Waals surface area contributed by atoms with Gasteiger partial charge in [-0.2, -0.15) is 0 Å². The van der Waals surface area contributed by atoms with Gasteiger partial charge >= 0.3 is 0 Å². The minimum Gasteiger partial charge on any atom is -0.473 e. The highest BCUT2D eigenvalue weighted by atomic mass is 28.3. The topological polar surface area (TPSA) is 33.4 Å². The fraction of sp³-hybridized carbons (Fsp3) is 0.700. The van der Waals surface area contributed by atoms with Crippen LogP contribution < -0.4 is 5.38 Å². The van der Waals surface area contributed by atoms with Gasteiger partial charge in [-0.1, -0.05) is 76.4 Å². The summed E-state index contributed by atoms with van der Waals surface area (Å²) in [5.41, 5.74) is 1.03. The number of furan rings is 1. The maximum atomic E-state index is 8.70. The molecule has 0 amide bonds. The van der Waals surface area contributed by atoms with Crippen LogP contribution in [0.1, 0.15) is 69.8 Å². The predicted octanol–water partition coefficient (Wildman–Crippen LogP) is 5.07. The SMILES string of the molecule is C[Si](C)(C)c1cc(C#CCCCCCCCCCCCO)co1. The number of unbranched alkanes of at least 4 members (excludes halogenated alkanes) is 9. The van der Waals surface area contributed by atoms with E-state index in [1.165, 1.54) is 51.4 Å². The van der Waals surface area contributed by atoms with Crippen molar-refractivity contribution >= 4 is 13.5 Å². The second-order valence-electron chi connectivity index (χ2n) is 7.41. The summed E-state index contributed by atoms with van der Waals surface area (Å²) in [6.07, 6.45) is 14.0. The van der Waals surface area contributed by atoms with Gasteiger partial charge in [-0.05, 0) is 18.9 Å². The highest BCUT2D eigenvalue weighted by molar-refractivity contribution is 6.87. The summed E-state index contributed by atoms with van der Waals surface area (Å²) < 4.78 is 5.63. The van der Waals surface area contributed by atoms with Crippen LogP contribution in [0.5, 0.6) is 0 Å². The van der Waals surface area contributed by atoms with Crippen molar-refractivity contribution in [2.45, 2.75) is 83.8 Å². The third-order valence-corrected chi connectivity index (χ3v) is 5.77. The fourth-order valence-electron chi connectivity index (χ4n) is 2.52. The molecule has 0 bridgehead atoms. The van der Waals surface area contributed by atoms with E-state index in [-0.39, 0.29) is 0 Å². The maximum absolute atomic E-state index is 8.70. The van der Waals surface area contributed by atoms with E-state index in [1.807, 2.05) is 0 Å². The first kappa shape index (κ1) is 20.1. The zero-order valence-electron chi connectivity index (χ0n) is 15.3. The molecule has 0 spiro atoms. The van der Waals surface area contributed by atoms with E-state index in [9.17, 15) is 0 Å². The van der Waals surface area contributed by atoms with Crippen molar-refractivity contribution in [3.63, 3.8) is 0 Å². The Morgan fingerprint density at radius 1 is 0.913 bits per heavy atom. The molecule has 0 aliphatic carbocycles. The van der Waals surface area contributed by atoms with Gasteiger partial charge in [0.05, 0.1) is 10.9 Å². The minimum atomic E-state index is -1.34. The van der Waals surface area contributed by atoms with Crippen molar-refractivity contribution in [2.75, 3.05) is 6.61 Å². The zero-order chi connectivity index (χ0) is 17.0. The lowest BCUT2D eigenvalue weighted by molar-refractivity contribution is 0.282. The van der Waals surface area contributed by atoms with Gasteiger partial charge in [-0.15, -0.1) is 0 Å². The molecule has 130 valence electrons. The van der Waals surface area contributed by atoms with E-state index >= 15 is 0 Å². The second-order valence-corrected chi connectivity index (χ2v) is 12.4. The Balaban J connectivity index is 2.02. The van der Waals surface area contributed by atoms with Crippen LogP contribution in [0.15, 0.2) is 16.7 Å². The number of aliphatic hydroxyl groups is 1. The summed E-state index contributed by atoms with van der Waals surface area (Å²) in [6, 6.07) is 2.12. The van der Waals surface area contributed by atoms with Crippen molar-refractivity contribution in [3.05, 3.63) is 17.9 Å². The van der Waals surface area contributed by atoms with Gasteiger partial charge in [0.2, 0.25) is 0 Å². The summed E-state index contributed by atoms with van der Waals surface area (Å²) in [6.45, 7) is 7.21. The molecule has 2 nitrogen and oxygen atoms in total. The summed E-state index contributed by atoms with van der Waals surface area (Å²) in [5.74, 6) is 6.50. The van der Waals surface area contributed by atoms with Crippen LogP contribution in [0.3, 0.4) is 0 Å². The molecule has 3 heteroatoms. The predicted molar refractivity (Wildman–Crippen MR) is 102 cm³/mol. The Kier molecular flexibility index (Phi) is 10.1. The monoisotopic (exact) mass is 334 g/mol. The first-order chi connectivity index (χ1) is 11.0. The summed E-state index contributed by atoms with van der Waals surface area (Å²) >= 11 is 0. The number of hydrogen-bond donors (Lipinski definition) is 1. The molecular weight excluding hydrogens is 300 g/mol. The quantitative estimate of drug-likeness (QED) is 0.348. The molecule has 0 aromatic carbocycles. The Bertz CT molecular complexity index is 474. The zero-order valence-corrected chi connectivity index (χ0v) is 16.3. The molecule has 1 aromatic heterocycles. The molecule has 1 heterocycles. The lowest BCUT2D eigenvalue weighted by Crippen LogP contribution is -2.36. The number of aliphatic hydroxyl groups excluding tert-OH is 1. The van der Waals surface area contributed by atoms with Crippen molar-refractivity contribution in [3.8, 4) is 11.8 Å². The van der Waals surface area contributed by atoms with Crippen LogP contribution in [0, 0.1) is 11.8 Å². The average molecular weight is 335 g/mol. The summed E-state index contributed by atoms with van der Waals surface area (Å²) in [7, 11) is -1.34. The number of hydrogen-bond acceptors (Lipinski definition) is 2. The van der Waals surface area contributed by atoms with Crippen molar-refractivity contribution in [2.24, 2.45) is 0 Å². The van der Waals surface area contributed by atoms with Crippen molar-refractivity contribution in [1.29, 1.82) is 0 Å². The largest absolute Gasteiger partial charge is 0.473 e. The molecule has 1 aromatic rings. The normalized spacial score (nSPS) is 11.3. The summed E-state index contributed by atoms with van der Waals surface area (Å²) in [5, 5.41) is 9.84. The first-order valence-corrected chi connectivity index (χ1v) is 12.7. The third-order valence-electron chi connectivity index (χ3n) is 4.03. The average Bonchev–Trinajstić information content (AvgIpc) is 2.97. The Morgan fingerprint density at radius 2 is 1.48 bits per heavy atom. The van der Waals surface area contributed by atoms with Gasteiger partial charge in [-0.25, -0.2) is 0 Å². The minimum absolute atomic E-state index is 0.347. The molecule has 0 fully saturated rings. The molecule has 1 N–H and O–H groups in total. The lowest BCUT2D eigenvalue weighted by atomic mass is 10.1. The maximum Gasteiger partial charge on any atom is 0.123 e. The molecule has 0 aliphatic heterocycles. The van der Waals surface area contributed by atoms with Crippen LogP contribution in [0.25, 0.3) is 0 Å². The Hall–Kier alpha value is -0.983. The van der Waals surface area contributed by atoms with Crippen LogP contribution in [-0.2, 0) is 0 Å². The van der Waals surface area contributed by atoms with Crippen LogP contribution in [-0.4, -0.2) is 19.8 Å². The van der Waals surface area contributed by atoms with Gasteiger partial charge in [-0.3, -0.25) is 0 Å². The molecule has 1 rings (SSSR count). The third kappa shape index (κ3) is 9.68. The smallest absolute Gasteiger partial charge is 0.123 e. The van der Waals surface area contributed by atoms with Crippen LogP contribution in [0.4, 0.5) is 0 Å². The van der Waals surface area contributed by atoms with E-state index in [1.54, 1.807) is 6.26 Å². The van der Waals surface area contributed by atoms with Gasteiger partial charge in [0.25, 0.3) is 0 Å². The molecule has 0 aliphatic rings. The van der Waals surface area contributed by atoms with Crippen LogP contribution >= 0.6 is 0 Å². The fourth-order valence-corrected chi connectivity index (χ4v) is 3.52. The highest BCUT2D eigenvalue weighted by Crippen LogP contribution is 2.10. The Labute approximate surface area is 143 Å². The van der Waals surface area contributed by atoms with Gasteiger partial charge in [0.1, 0.15) is 14.3 Å². The molecule has 0 unspecified atom stereocenters. The van der Waals surface area contributed by atoms with E-state index in [0.717, 1.165) is 23.8 Å². The first-order valence-electron chi connectivity index (χ1n) is 9.23. The van der Waals surface area contributed by atoms with E-state index in [4.69, 9.17) is 9.52 Å². The second kappa shape index (κ2) is 11.5. The Morgan fingerprint density at radius 3 is 2.00 bits per heavy atom. The van der Waals surface area contributed by atoms with E-state index in [0.29, 0.717) is 6.61 Å². The van der Waals surface area contributed by atoms with Gasteiger partial charge in [0, 0.05) is 13.0 Å². The molecule has 0 atom stereocenters. The van der Waals surface area contributed by atoms with Crippen molar-refractivity contribution in [1.82, 2.24) is 0 Å². The molecule has 23 heavy (non-hydrogen) atoms. The summed E-state index contributed by atoms with van der Waals surface area (Å²) in [4.78, 5) is 0. The number of rotatable bonds is 11. The lowest BCUT2D eigenvalue weighted by Gasteiger charge is -2.10.